The third-order valence-corrected chi connectivity index (χ3v) is 18.1. The highest BCUT2D eigenvalue weighted by molar-refractivity contribution is 6.14. The topological polar surface area (TPSA) is 57.4 Å². The summed E-state index contributed by atoms with van der Waals surface area (Å²) >= 11 is 0. The van der Waals surface area contributed by atoms with Crippen molar-refractivity contribution in [3.63, 3.8) is 0 Å². The van der Waals surface area contributed by atoms with Gasteiger partial charge in [0.15, 0.2) is 0 Å². The van der Waals surface area contributed by atoms with E-state index >= 15 is 13.2 Å². The average molecular weight is 1150 g/mol. The van der Waals surface area contributed by atoms with Crippen LogP contribution >= 0.6 is 0 Å². The molecule has 0 spiro atoms. The first-order valence-electron chi connectivity index (χ1n) is 29.9. The highest BCUT2D eigenvalue weighted by atomic mass is 19.4. The van der Waals surface area contributed by atoms with Crippen molar-refractivity contribution in [1.82, 2.24) is 9.13 Å². The van der Waals surface area contributed by atoms with Crippen LogP contribution in [0.4, 0.5) is 13.2 Å². The molecule has 2 heterocycles. The van der Waals surface area contributed by atoms with Gasteiger partial charge >= 0.3 is 6.18 Å². The molecule has 0 aliphatic heterocycles. The number of aromatic nitrogens is 2. The molecule has 430 valence electrons. The van der Waals surface area contributed by atoms with Gasteiger partial charge in [-0.25, -0.2) is 0 Å². The van der Waals surface area contributed by atoms with E-state index in [1.54, 1.807) is 6.07 Å². The van der Waals surface area contributed by atoms with E-state index in [9.17, 15) is 10.5 Å². The lowest BCUT2D eigenvalue weighted by molar-refractivity contribution is -0.137. The Morgan fingerprint density at radius 2 is 0.568 bits per heavy atom. The van der Waals surface area contributed by atoms with Crippen LogP contribution < -0.4 is 0 Å². The number of hydrogen-bond acceptors (Lipinski definition) is 2. The van der Waals surface area contributed by atoms with Gasteiger partial charge in [-0.15, -0.1) is 0 Å². The Kier molecular flexibility index (Phi) is 13.8. The van der Waals surface area contributed by atoms with E-state index in [1.807, 2.05) is 36.4 Å². The molecular weight excluding hydrogens is 1090 g/mol. The van der Waals surface area contributed by atoms with Crippen molar-refractivity contribution >= 4 is 43.6 Å². The van der Waals surface area contributed by atoms with Crippen molar-refractivity contribution in [2.24, 2.45) is 0 Å². The van der Waals surface area contributed by atoms with Crippen LogP contribution in [0, 0.1) is 106 Å². The number of hydrogen-bond donors (Lipinski definition) is 0. The molecule has 0 atom stereocenters. The maximum absolute atomic E-state index is 15.4. The van der Waals surface area contributed by atoms with Gasteiger partial charge < -0.3 is 9.13 Å². The molecule has 7 heteroatoms. The van der Waals surface area contributed by atoms with Crippen molar-refractivity contribution in [2.75, 3.05) is 0 Å². The molecule has 11 aromatic carbocycles. The fourth-order valence-electron chi connectivity index (χ4n) is 15.0. The zero-order valence-electron chi connectivity index (χ0n) is 51.7. The number of alkyl halides is 3. The normalized spacial score (nSPS) is 11.8. The summed E-state index contributed by atoms with van der Waals surface area (Å²) in [6.07, 6.45) is -4.77. The quantitative estimate of drug-likeness (QED) is 0.152. The van der Waals surface area contributed by atoms with Crippen LogP contribution in [-0.2, 0) is 6.18 Å². The standard InChI is InChI=1S/C81H65F3N4/c1-44-27-48(5)77(49(6)28-44)59-16-23-71-66(37-59)67-38-60(78-50(7)29-45(2)30-51(78)8)17-24-72(67)87(71)75-36-57(43-86)14-21-64(75)65-22-15-58(63-20-13-56(42-85)35-70(63)81(82,83)84)41-76(65)88-73-25-18-61(79-52(9)31-46(3)32-53(79)10)39-68(73)69-40-62(19-26-74(69)88)80-54(11)33-47(4)34-55(80)12/h13-41H,1-12H3. The Labute approximate surface area is 512 Å². The summed E-state index contributed by atoms with van der Waals surface area (Å²) < 4.78 is 50.8. The molecule has 4 nitrogen and oxygen atoms in total. The summed E-state index contributed by atoms with van der Waals surface area (Å²) in [5.74, 6) is 0. The number of aryl methyl sites for hydroxylation is 12. The number of benzene rings is 11. The van der Waals surface area contributed by atoms with Gasteiger partial charge in [-0.2, -0.15) is 23.7 Å². The monoisotopic (exact) mass is 1150 g/mol. The lowest BCUT2D eigenvalue weighted by atomic mass is 9.91. The number of rotatable bonds is 8. The van der Waals surface area contributed by atoms with Gasteiger partial charge in [0.1, 0.15) is 0 Å². The summed E-state index contributed by atoms with van der Waals surface area (Å²) in [7, 11) is 0. The Balaban J connectivity index is 1.15. The van der Waals surface area contributed by atoms with Gasteiger partial charge in [0, 0.05) is 32.7 Å². The summed E-state index contributed by atoms with van der Waals surface area (Å²) in [5.41, 5.74) is 29.3. The van der Waals surface area contributed by atoms with Crippen molar-refractivity contribution in [2.45, 2.75) is 89.3 Å². The van der Waals surface area contributed by atoms with E-state index in [-0.39, 0.29) is 11.1 Å². The van der Waals surface area contributed by atoms with E-state index < -0.39 is 11.7 Å². The summed E-state index contributed by atoms with van der Waals surface area (Å²) in [5, 5.41) is 24.8. The minimum atomic E-state index is -4.77. The van der Waals surface area contributed by atoms with Crippen LogP contribution in [0.1, 0.15) is 83.5 Å². The lowest BCUT2D eigenvalue weighted by Crippen LogP contribution is -2.08. The molecular formula is C81H65F3N4. The first kappa shape index (κ1) is 56.9. The third-order valence-electron chi connectivity index (χ3n) is 18.1. The van der Waals surface area contributed by atoms with Crippen molar-refractivity contribution in [1.29, 1.82) is 10.5 Å². The zero-order chi connectivity index (χ0) is 61.9. The predicted octanol–water partition coefficient (Wildman–Crippen LogP) is 22.3. The smallest absolute Gasteiger partial charge is 0.309 e. The molecule has 0 saturated carbocycles. The Morgan fingerprint density at radius 1 is 0.295 bits per heavy atom. The van der Waals surface area contributed by atoms with E-state index in [0.717, 1.165) is 122 Å². The zero-order valence-corrected chi connectivity index (χ0v) is 51.7. The molecule has 0 bridgehead atoms. The minimum Gasteiger partial charge on any atom is -0.309 e. The fraction of sp³-hybridized carbons (Fsp3) is 0.160. The average Bonchev–Trinajstić information content (AvgIpc) is 1.57. The first-order valence-corrected chi connectivity index (χ1v) is 29.9. The van der Waals surface area contributed by atoms with E-state index in [1.165, 1.54) is 67.8 Å². The van der Waals surface area contributed by atoms with Crippen LogP contribution in [0.3, 0.4) is 0 Å². The second-order valence-electron chi connectivity index (χ2n) is 24.6. The molecule has 0 fully saturated rings. The van der Waals surface area contributed by atoms with Gasteiger partial charge in [0.05, 0.1) is 62.3 Å². The molecule has 0 radical (unpaired) electrons. The Bertz CT molecular complexity index is 4920. The molecule has 0 N–H and O–H groups in total. The van der Waals surface area contributed by atoms with Crippen molar-refractivity contribution in [3.05, 3.63) is 259 Å². The van der Waals surface area contributed by atoms with Crippen LogP contribution in [0.5, 0.6) is 0 Å². The van der Waals surface area contributed by atoms with E-state index in [2.05, 4.69) is 220 Å². The summed E-state index contributed by atoms with van der Waals surface area (Å²) in [6, 6.07) is 63.9. The largest absolute Gasteiger partial charge is 0.417 e. The number of nitriles is 2. The van der Waals surface area contributed by atoms with Gasteiger partial charge in [-0.3, -0.25) is 0 Å². The summed E-state index contributed by atoms with van der Waals surface area (Å²) in [4.78, 5) is 0. The second kappa shape index (κ2) is 21.3. The van der Waals surface area contributed by atoms with Crippen LogP contribution in [0.2, 0.25) is 0 Å². The van der Waals surface area contributed by atoms with Crippen LogP contribution in [-0.4, -0.2) is 9.13 Å². The Morgan fingerprint density at radius 3 is 0.875 bits per heavy atom. The molecule has 0 aliphatic rings. The minimum absolute atomic E-state index is 0.0487. The third kappa shape index (κ3) is 9.54. The molecule has 0 amide bonds. The second-order valence-corrected chi connectivity index (χ2v) is 24.6. The highest BCUT2D eigenvalue weighted by Crippen LogP contribution is 2.48. The van der Waals surface area contributed by atoms with Gasteiger partial charge in [0.25, 0.3) is 0 Å². The summed E-state index contributed by atoms with van der Waals surface area (Å²) in [6.45, 7) is 25.8. The van der Waals surface area contributed by atoms with Crippen LogP contribution in [0.25, 0.3) is 122 Å². The number of halogens is 3. The number of nitrogens with zero attached hydrogens (tertiary/aromatic N) is 4. The molecule has 0 aliphatic carbocycles. The molecule has 0 saturated heterocycles. The van der Waals surface area contributed by atoms with Crippen molar-refractivity contribution < 1.29 is 13.2 Å². The van der Waals surface area contributed by atoms with Gasteiger partial charge in [0.2, 0.25) is 0 Å². The molecule has 0 unspecified atom stereocenters. The fourth-order valence-corrected chi connectivity index (χ4v) is 15.0. The molecule has 13 rings (SSSR count). The van der Waals surface area contributed by atoms with Crippen molar-refractivity contribution in [3.8, 4) is 90.3 Å². The molecule has 88 heavy (non-hydrogen) atoms. The van der Waals surface area contributed by atoms with Gasteiger partial charge in [-0.05, 0) is 262 Å². The first-order chi connectivity index (χ1) is 42.1. The Hall–Kier alpha value is -10.2. The van der Waals surface area contributed by atoms with E-state index in [0.29, 0.717) is 16.8 Å². The highest BCUT2D eigenvalue weighted by Gasteiger charge is 2.35. The van der Waals surface area contributed by atoms with Gasteiger partial charge in [-0.1, -0.05) is 119 Å². The maximum atomic E-state index is 15.4. The van der Waals surface area contributed by atoms with E-state index in [4.69, 9.17) is 0 Å². The maximum Gasteiger partial charge on any atom is 0.417 e. The predicted molar refractivity (Wildman–Crippen MR) is 359 cm³/mol. The van der Waals surface area contributed by atoms with Crippen LogP contribution in [0.15, 0.2) is 176 Å². The molecule has 2 aromatic heterocycles. The lowest BCUT2D eigenvalue weighted by Gasteiger charge is -2.21. The molecule has 13 aromatic rings. The SMILES string of the molecule is Cc1cc(C)c(-c2ccc3c(c2)c2cc(-c4c(C)cc(C)cc4C)ccc2n3-c2cc(C#N)ccc2-c2ccc(-c3ccc(C#N)cc3C(F)(F)F)cc2-n2c3ccc(-c4c(C)cc(C)cc4C)cc3c3cc(-c4c(C)cc(C)cc4C)ccc32)c(C)c1. The number of fused-ring (bicyclic) bond motifs is 6.